The number of rotatable bonds is 2. The lowest BCUT2D eigenvalue weighted by Crippen LogP contribution is -2.33. The van der Waals surface area contributed by atoms with Crippen molar-refractivity contribution >= 4 is 11.0 Å². The van der Waals surface area contributed by atoms with E-state index in [0.29, 0.717) is 23.3 Å². The summed E-state index contributed by atoms with van der Waals surface area (Å²) in [5.41, 5.74) is 3.98. The average Bonchev–Trinajstić information content (AvgIpc) is 2.58. The van der Waals surface area contributed by atoms with Crippen molar-refractivity contribution in [1.82, 2.24) is 4.90 Å². The number of phenolic OH excluding ortho intramolecular Hbond substituents is 1. The molecule has 4 rings (SSSR count). The first-order valence-corrected chi connectivity index (χ1v) is 8.16. The second-order valence-corrected chi connectivity index (χ2v) is 6.43. The molecule has 0 amide bonds. The summed E-state index contributed by atoms with van der Waals surface area (Å²) < 4.78 is 5.50. The number of hydrogen-bond acceptors (Lipinski definition) is 4. The molecule has 0 radical (unpaired) electrons. The summed E-state index contributed by atoms with van der Waals surface area (Å²) in [7, 11) is 0. The molecule has 2 aromatic carbocycles. The van der Waals surface area contributed by atoms with E-state index in [0.717, 1.165) is 30.5 Å². The third kappa shape index (κ3) is 2.59. The number of aromatic hydroxyl groups is 1. The van der Waals surface area contributed by atoms with Crippen molar-refractivity contribution < 1.29 is 9.52 Å². The van der Waals surface area contributed by atoms with Gasteiger partial charge in [-0.1, -0.05) is 30.3 Å². The maximum Gasteiger partial charge on any atom is 0.341 e. The molecule has 0 aliphatic carbocycles. The molecule has 0 fully saturated rings. The number of aryl methyl sites for hydroxylation is 1. The van der Waals surface area contributed by atoms with E-state index in [1.54, 1.807) is 19.1 Å². The van der Waals surface area contributed by atoms with E-state index in [2.05, 4.69) is 17.0 Å². The minimum Gasteiger partial charge on any atom is -0.508 e. The standard InChI is InChI=1S/C20H19NO3/c1-13-9-19-16(10-18(13)22)15-7-8-21(12-17(15)20(23)24-19)11-14-5-3-2-4-6-14/h2-6,9-10,22H,7-8,11-12H2,1H3. The Morgan fingerprint density at radius 1 is 1.17 bits per heavy atom. The molecule has 1 aromatic heterocycles. The molecule has 0 unspecified atom stereocenters. The molecule has 1 aliphatic heterocycles. The molecule has 24 heavy (non-hydrogen) atoms. The first kappa shape index (κ1) is 15.0. The molecule has 0 saturated heterocycles. The van der Waals surface area contributed by atoms with Gasteiger partial charge in [-0.15, -0.1) is 0 Å². The Labute approximate surface area is 140 Å². The first-order valence-electron chi connectivity index (χ1n) is 8.16. The molecule has 0 spiro atoms. The molecule has 1 N–H and O–H groups in total. The third-order valence-corrected chi connectivity index (χ3v) is 4.75. The highest BCUT2D eigenvalue weighted by Gasteiger charge is 2.23. The van der Waals surface area contributed by atoms with E-state index in [1.165, 1.54) is 5.56 Å². The second kappa shape index (κ2) is 5.80. The minimum absolute atomic E-state index is 0.241. The van der Waals surface area contributed by atoms with Crippen molar-refractivity contribution in [2.75, 3.05) is 6.54 Å². The molecule has 2 heterocycles. The van der Waals surface area contributed by atoms with Crippen LogP contribution < -0.4 is 5.63 Å². The number of hydrogen-bond donors (Lipinski definition) is 1. The Bertz CT molecular complexity index is 960. The van der Waals surface area contributed by atoms with Crippen molar-refractivity contribution in [3.63, 3.8) is 0 Å². The van der Waals surface area contributed by atoms with Crippen molar-refractivity contribution in [3.8, 4) is 5.75 Å². The van der Waals surface area contributed by atoms with Crippen LogP contribution >= 0.6 is 0 Å². The summed E-state index contributed by atoms with van der Waals surface area (Å²) in [6.07, 6.45) is 0.784. The SMILES string of the molecule is Cc1cc2oc(=O)c3c(c2cc1O)CCN(Cc1ccccc1)C3. The largest absolute Gasteiger partial charge is 0.508 e. The number of benzene rings is 2. The molecule has 0 saturated carbocycles. The quantitative estimate of drug-likeness (QED) is 0.735. The highest BCUT2D eigenvalue weighted by Crippen LogP contribution is 2.30. The molecule has 4 nitrogen and oxygen atoms in total. The van der Waals surface area contributed by atoms with E-state index in [-0.39, 0.29) is 11.4 Å². The van der Waals surface area contributed by atoms with Crippen molar-refractivity contribution in [2.24, 2.45) is 0 Å². The van der Waals surface area contributed by atoms with Crippen LogP contribution in [0.1, 0.15) is 22.3 Å². The van der Waals surface area contributed by atoms with Crippen LogP contribution in [0, 0.1) is 6.92 Å². The van der Waals surface area contributed by atoms with E-state index in [1.807, 2.05) is 18.2 Å². The summed E-state index contributed by atoms with van der Waals surface area (Å²) >= 11 is 0. The van der Waals surface area contributed by atoms with E-state index in [4.69, 9.17) is 4.42 Å². The molecule has 122 valence electrons. The highest BCUT2D eigenvalue weighted by molar-refractivity contribution is 5.84. The molecule has 4 heteroatoms. The summed E-state index contributed by atoms with van der Waals surface area (Å²) in [5, 5.41) is 10.9. The summed E-state index contributed by atoms with van der Waals surface area (Å²) in [6, 6.07) is 13.7. The topological polar surface area (TPSA) is 53.7 Å². The normalized spacial score (nSPS) is 14.7. The van der Waals surface area contributed by atoms with Gasteiger partial charge in [-0.05, 0) is 42.2 Å². The number of nitrogens with zero attached hydrogens (tertiary/aromatic N) is 1. The fourth-order valence-electron chi connectivity index (χ4n) is 3.43. The van der Waals surface area contributed by atoms with Crippen molar-refractivity contribution in [2.45, 2.75) is 26.4 Å². The van der Waals surface area contributed by atoms with Crippen molar-refractivity contribution in [1.29, 1.82) is 0 Å². The van der Waals surface area contributed by atoms with Gasteiger partial charge in [0.1, 0.15) is 11.3 Å². The Morgan fingerprint density at radius 3 is 2.75 bits per heavy atom. The Hall–Kier alpha value is -2.59. The lowest BCUT2D eigenvalue weighted by molar-refractivity contribution is 0.241. The Kier molecular flexibility index (Phi) is 3.62. The van der Waals surface area contributed by atoms with Crippen LogP contribution in [0.15, 0.2) is 51.7 Å². The minimum atomic E-state index is -0.264. The van der Waals surface area contributed by atoms with Crippen LogP contribution in [0.4, 0.5) is 0 Å². The van der Waals surface area contributed by atoms with Crippen LogP contribution in [-0.4, -0.2) is 16.6 Å². The highest BCUT2D eigenvalue weighted by atomic mass is 16.4. The van der Waals surface area contributed by atoms with Gasteiger partial charge in [0.05, 0.1) is 5.56 Å². The van der Waals surface area contributed by atoms with Crippen LogP contribution in [0.5, 0.6) is 5.75 Å². The molecule has 3 aromatic rings. The predicted octanol–water partition coefficient (Wildman–Crippen LogP) is 3.37. The molecule has 0 bridgehead atoms. The fourth-order valence-corrected chi connectivity index (χ4v) is 3.43. The number of fused-ring (bicyclic) bond motifs is 3. The lowest BCUT2D eigenvalue weighted by Gasteiger charge is -2.28. The first-order chi connectivity index (χ1) is 11.6. The van der Waals surface area contributed by atoms with Gasteiger partial charge in [-0.2, -0.15) is 0 Å². The van der Waals surface area contributed by atoms with Gasteiger partial charge in [0.2, 0.25) is 0 Å². The summed E-state index contributed by atoms with van der Waals surface area (Å²) in [6.45, 7) is 4.08. The zero-order valence-electron chi connectivity index (χ0n) is 13.6. The Morgan fingerprint density at radius 2 is 1.96 bits per heavy atom. The smallest absolute Gasteiger partial charge is 0.341 e. The maximum atomic E-state index is 12.4. The lowest BCUT2D eigenvalue weighted by atomic mass is 9.96. The third-order valence-electron chi connectivity index (χ3n) is 4.75. The molecular weight excluding hydrogens is 302 g/mol. The zero-order chi connectivity index (χ0) is 16.7. The number of phenols is 1. The molecule has 0 atom stereocenters. The Balaban J connectivity index is 1.72. The van der Waals surface area contributed by atoms with E-state index in [9.17, 15) is 9.90 Å². The summed E-state index contributed by atoms with van der Waals surface area (Å²) in [5.74, 6) is 0.241. The fraction of sp³-hybridized carbons (Fsp3) is 0.250. The van der Waals surface area contributed by atoms with Gasteiger partial charge in [-0.3, -0.25) is 4.90 Å². The molecular formula is C20H19NO3. The van der Waals surface area contributed by atoms with E-state index < -0.39 is 0 Å². The van der Waals surface area contributed by atoms with Gasteiger partial charge in [0, 0.05) is 25.0 Å². The van der Waals surface area contributed by atoms with E-state index >= 15 is 0 Å². The van der Waals surface area contributed by atoms with Gasteiger partial charge < -0.3 is 9.52 Å². The maximum absolute atomic E-state index is 12.4. The summed E-state index contributed by atoms with van der Waals surface area (Å²) in [4.78, 5) is 14.7. The van der Waals surface area contributed by atoms with Crippen LogP contribution in [-0.2, 0) is 19.5 Å². The van der Waals surface area contributed by atoms with Crippen LogP contribution in [0.25, 0.3) is 11.0 Å². The zero-order valence-corrected chi connectivity index (χ0v) is 13.6. The van der Waals surface area contributed by atoms with Crippen LogP contribution in [0.3, 0.4) is 0 Å². The van der Waals surface area contributed by atoms with Gasteiger partial charge in [0.15, 0.2) is 0 Å². The van der Waals surface area contributed by atoms with Gasteiger partial charge in [-0.25, -0.2) is 4.79 Å². The van der Waals surface area contributed by atoms with Crippen LogP contribution in [0.2, 0.25) is 0 Å². The predicted molar refractivity (Wildman–Crippen MR) is 93.1 cm³/mol. The second-order valence-electron chi connectivity index (χ2n) is 6.43. The average molecular weight is 321 g/mol. The van der Waals surface area contributed by atoms with Gasteiger partial charge in [0.25, 0.3) is 0 Å². The van der Waals surface area contributed by atoms with Crippen molar-refractivity contribution in [3.05, 3.63) is 75.1 Å². The monoisotopic (exact) mass is 321 g/mol. The van der Waals surface area contributed by atoms with Gasteiger partial charge >= 0.3 is 5.63 Å². The molecule has 1 aliphatic rings.